The summed E-state index contributed by atoms with van der Waals surface area (Å²) in [5.74, 6) is -0.752. The van der Waals surface area contributed by atoms with Crippen LogP contribution in [0, 0.1) is 11.3 Å². The summed E-state index contributed by atoms with van der Waals surface area (Å²) in [7, 11) is 0. The van der Waals surface area contributed by atoms with Gasteiger partial charge < -0.3 is 14.9 Å². The van der Waals surface area contributed by atoms with E-state index >= 15 is 0 Å². The topological polar surface area (TPSA) is 147 Å². The first-order valence-electron chi connectivity index (χ1n) is 10.9. The summed E-state index contributed by atoms with van der Waals surface area (Å²) < 4.78 is 11.7. The van der Waals surface area contributed by atoms with Crippen LogP contribution in [0.2, 0.25) is 10.0 Å². The van der Waals surface area contributed by atoms with Crippen LogP contribution in [0.5, 0.6) is 11.6 Å². The highest BCUT2D eigenvalue weighted by molar-refractivity contribution is 6.37. The molecular formula is C24H22Cl2N6O5. The van der Waals surface area contributed by atoms with E-state index in [1.807, 2.05) is 42.6 Å². The Bertz CT molecular complexity index is 1350. The third kappa shape index (κ3) is 7.20. The van der Waals surface area contributed by atoms with Gasteiger partial charge in [-0.05, 0) is 31.5 Å². The van der Waals surface area contributed by atoms with Gasteiger partial charge >= 0.3 is 6.09 Å². The zero-order valence-corrected chi connectivity index (χ0v) is 21.2. The van der Waals surface area contributed by atoms with Gasteiger partial charge in [0.15, 0.2) is 11.8 Å². The fraction of sp³-hybridized carbons (Fsp3) is 0.208. The molecule has 0 bridgehead atoms. The van der Waals surface area contributed by atoms with Crippen LogP contribution in [0.4, 0.5) is 10.5 Å². The second-order valence-corrected chi connectivity index (χ2v) is 8.27. The van der Waals surface area contributed by atoms with Crippen molar-refractivity contribution in [3.63, 3.8) is 0 Å². The van der Waals surface area contributed by atoms with Gasteiger partial charge in [0.25, 0.3) is 11.5 Å². The summed E-state index contributed by atoms with van der Waals surface area (Å²) in [6.45, 7) is 3.48. The molecule has 2 unspecified atom stereocenters. The molecule has 0 saturated carbocycles. The van der Waals surface area contributed by atoms with E-state index in [9.17, 15) is 19.6 Å². The number of carbonyl (C=O) groups excluding carboxylic acids is 2. The molecule has 2 amide bonds. The van der Waals surface area contributed by atoms with Gasteiger partial charge in [0.05, 0.1) is 34.5 Å². The lowest BCUT2D eigenvalue weighted by atomic mass is 10.1. The predicted octanol–water partition coefficient (Wildman–Crippen LogP) is 4.03. The van der Waals surface area contributed by atoms with Gasteiger partial charge in [0.1, 0.15) is 0 Å². The maximum Gasteiger partial charge on any atom is 0.413 e. The van der Waals surface area contributed by atoms with Crippen LogP contribution in [0.1, 0.15) is 25.5 Å². The van der Waals surface area contributed by atoms with Crippen molar-refractivity contribution < 1.29 is 19.1 Å². The van der Waals surface area contributed by atoms with Gasteiger partial charge in [0.2, 0.25) is 5.88 Å². The number of nitrogens with one attached hydrogen (secondary N) is 3. The summed E-state index contributed by atoms with van der Waals surface area (Å²) in [6.07, 6.45) is -0.972. The molecule has 0 fully saturated rings. The van der Waals surface area contributed by atoms with Crippen LogP contribution in [0.25, 0.3) is 0 Å². The number of aromatic nitrogens is 2. The molecule has 13 heteroatoms. The summed E-state index contributed by atoms with van der Waals surface area (Å²) in [5.41, 5.74) is 5.96. The first-order valence-corrected chi connectivity index (χ1v) is 11.7. The normalized spacial score (nSPS) is 12.1. The van der Waals surface area contributed by atoms with Crippen LogP contribution < -0.4 is 26.5 Å². The molecule has 3 N–H and O–H groups in total. The van der Waals surface area contributed by atoms with Crippen molar-refractivity contribution in [3.05, 3.63) is 80.6 Å². The number of halogens is 2. The first kappa shape index (κ1) is 27.5. The highest BCUT2D eigenvalue weighted by Crippen LogP contribution is 2.38. The molecule has 1 heterocycles. The lowest BCUT2D eigenvalue weighted by Crippen LogP contribution is -2.47. The molecule has 0 saturated heterocycles. The smallest absolute Gasteiger partial charge is 0.413 e. The van der Waals surface area contributed by atoms with E-state index < -0.39 is 18.0 Å². The van der Waals surface area contributed by atoms with E-state index in [1.54, 1.807) is 13.0 Å². The number of anilines is 1. The fourth-order valence-electron chi connectivity index (χ4n) is 3.10. The number of rotatable bonds is 9. The average Bonchev–Trinajstić information content (AvgIpc) is 2.87. The number of hydrogen-bond acceptors (Lipinski definition) is 9. The standard InChI is InChI=1S/C24H22Cl2N6O5/c1-3-36-24(35)28-23(34)19(13-27)30-29-16-11-17(25)22(18(26)12-16)37-20-9-10-21(33)32(31-20)14(2)15-7-5-4-6-8-15/h4-12,14,19,29-30H,3H2,1-2H3,(H,28,34,35). The molecular weight excluding hydrogens is 523 g/mol. The molecule has 0 spiro atoms. The molecule has 3 rings (SSSR count). The van der Waals surface area contributed by atoms with E-state index in [0.717, 1.165) is 5.56 Å². The van der Waals surface area contributed by atoms with Crippen molar-refractivity contribution in [2.45, 2.75) is 25.9 Å². The van der Waals surface area contributed by atoms with Crippen LogP contribution >= 0.6 is 23.2 Å². The van der Waals surface area contributed by atoms with Gasteiger partial charge in [-0.2, -0.15) is 5.26 Å². The zero-order valence-electron chi connectivity index (χ0n) is 19.7. The molecule has 2 atom stereocenters. The van der Waals surface area contributed by atoms with E-state index in [1.165, 1.54) is 28.9 Å². The van der Waals surface area contributed by atoms with E-state index in [2.05, 4.69) is 20.7 Å². The Morgan fingerprint density at radius 2 is 1.81 bits per heavy atom. The average molecular weight is 545 g/mol. The van der Waals surface area contributed by atoms with Crippen molar-refractivity contribution in [1.29, 1.82) is 5.26 Å². The molecule has 0 radical (unpaired) electrons. The zero-order chi connectivity index (χ0) is 26.9. The Labute approximate surface area is 221 Å². The van der Waals surface area contributed by atoms with Gasteiger partial charge in [0, 0.05) is 12.1 Å². The number of alkyl carbamates (subject to hydrolysis) is 1. The van der Waals surface area contributed by atoms with Crippen LogP contribution in [-0.4, -0.2) is 34.4 Å². The quantitative estimate of drug-likeness (QED) is 0.339. The molecule has 0 aliphatic rings. The van der Waals surface area contributed by atoms with Crippen molar-refractivity contribution in [2.75, 3.05) is 12.0 Å². The van der Waals surface area contributed by atoms with Crippen molar-refractivity contribution in [3.8, 4) is 17.7 Å². The lowest BCUT2D eigenvalue weighted by Gasteiger charge is -2.17. The highest BCUT2D eigenvalue weighted by Gasteiger charge is 2.21. The highest BCUT2D eigenvalue weighted by atomic mass is 35.5. The van der Waals surface area contributed by atoms with Crippen molar-refractivity contribution in [1.82, 2.24) is 20.5 Å². The summed E-state index contributed by atoms with van der Waals surface area (Å²) in [4.78, 5) is 35.8. The first-order chi connectivity index (χ1) is 17.7. The molecule has 37 heavy (non-hydrogen) atoms. The van der Waals surface area contributed by atoms with Crippen LogP contribution in [0.3, 0.4) is 0 Å². The minimum Gasteiger partial charge on any atom is -0.450 e. The van der Waals surface area contributed by atoms with E-state index in [0.29, 0.717) is 5.69 Å². The summed E-state index contributed by atoms with van der Waals surface area (Å²) in [5, 5.41) is 15.6. The Kier molecular flexibility index (Phi) is 9.45. The summed E-state index contributed by atoms with van der Waals surface area (Å²) >= 11 is 12.7. The fourth-order valence-corrected chi connectivity index (χ4v) is 3.66. The van der Waals surface area contributed by atoms with Gasteiger partial charge in [-0.1, -0.05) is 53.5 Å². The van der Waals surface area contributed by atoms with Gasteiger partial charge in [-0.3, -0.25) is 14.9 Å². The number of hydrogen-bond donors (Lipinski definition) is 3. The Morgan fingerprint density at radius 1 is 1.14 bits per heavy atom. The molecule has 2 aromatic carbocycles. The van der Waals surface area contributed by atoms with Crippen LogP contribution in [0.15, 0.2) is 59.4 Å². The minimum atomic E-state index is -1.44. The lowest BCUT2D eigenvalue weighted by molar-refractivity contribution is -0.121. The molecule has 0 aliphatic heterocycles. The third-order valence-electron chi connectivity index (χ3n) is 4.91. The Morgan fingerprint density at radius 3 is 2.43 bits per heavy atom. The summed E-state index contributed by atoms with van der Waals surface area (Å²) in [6, 6.07) is 14.9. The second kappa shape index (κ2) is 12.7. The van der Waals surface area contributed by atoms with Crippen molar-refractivity contribution >= 4 is 40.9 Å². The number of nitrogens with zero attached hydrogens (tertiary/aromatic N) is 3. The molecule has 3 aromatic rings. The molecule has 1 aromatic heterocycles. The van der Waals surface area contributed by atoms with Crippen molar-refractivity contribution in [2.24, 2.45) is 0 Å². The monoisotopic (exact) mass is 544 g/mol. The number of imide groups is 1. The predicted molar refractivity (Wildman–Crippen MR) is 137 cm³/mol. The number of ether oxygens (including phenoxy) is 2. The largest absolute Gasteiger partial charge is 0.450 e. The molecule has 11 nitrogen and oxygen atoms in total. The van der Waals surface area contributed by atoms with Crippen LogP contribution in [-0.2, 0) is 9.53 Å². The van der Waals surface area contributed by atoms with Gasteiger partial charge in [-0.25, -0.2) is 14.9 Å². The SMILES string of the molecule is CCOC(=O)NC(=O)C(C#N)NNc1cc(Cl)c(Oc2ccc(=O)n(C(C)c3ccccc3)n2)c(Cl)c1. The number of benzene rings is 2. The number of nitriles is 1. The third-order valence-corrected chi connectivity index (χ3v) is 5.47. The maximum absolute atomic E-state index is 12.4. The second-order valence-electron chi connectivity index (χ2n) is 7.45. The molecule has 0 aliphatic carbocycles. The molecule has 192 valence electrons. The van der Waals surface area contributed by atoms with Gasteiger partial charge in [-0.15, -0.1) is 5.10 Å². The Hall–Kier alpha value is -4.11. The van der Waals surface area contributed by atoms with E-state index in [4.69, 9.17) is 27.9 Å². The number of amides is 2. The minimum absolute atomic E-state index is 0.0655. The maximum atomic E-state index is 12.4. The number of carbonyl (C=O) groups is 2. The number of hydrazine groups is 1. The Balaban J connectivity index is 1.73. The van der Waals surface area contributed by atoms with E-state index in [-0.39, 0.29) is 39.9 Å².